The lowest BCUT2D eigenvalue weighted by Crippen LogP contribution is -2.39. The van der Waals surface area contributed by atoms with Gasteiger partial charge < -0.3 is 20.3 Å². The highest BCUT2D eigenvalue weighted by Gasteiger charge is 2.11. The van der Waals surface area contributed by atoms with Crippen LogP contribution in [0.5, 0.6) is 0 Å². The predicted octanol–water partition coefficient (Wildman–Crippen LogP) is 1.79. The number of hydrogen-bond acceptors (Lipinski definition) is 5. The lowest BCUT2D eigenvalue weighted by molar-refractivity contribution is 0.184. The highest BCUT2D eigenvalue weighted by atomic mass is 35.5. The van der Waals surface area contributed by atoms with Crippen molar-refractivity contribution in [3.05, 3.63) is 45.6 Å². The van der Waals surface area contributed by atoms with Gasteiger partial charge in [0.1, 0.15) is 18.5 Å². The third-order valence-corrected chi connectivity index (χ3v) is 4.69. The fourth-order valence-electron chi connectivity index (χ4n) is 1.88. The smallest absolute Gasteiger partial charge is 0.192 e. The summed E-state index contributed by atoms with van der Waals surface area (Å²) in [5.74, 6) is 2.16. The molecule has 24 heavy (non-hydrogen) atoms. The molecule has 0 aliphatic rings. The quantitative estimate of drug-likeness (QED) is 0.394. The fourth-order valence-corrected chi connectivity index (χ4v) is 2.93. The standard InChI is InChI=1S/C15H21ClN6OS/c1-4-7-17-15(19-9-14-21-20-10(2)22(14)3)18-8-11(23)12-5-6-13(16)24-12/h4-6,11,23H,1,7-9H2,2-3H3,(H2,17,18,19). The Morgan fingerprint density at radius 3 is 2.88 bits per heavy atom. The number of thiophene rings is 1. The maximum atomic E-state index is 10.2. The van der Waals surface area contributed by atoms with Crippen molar-refractivity contribution in [1.82, 2.24) is 25.4 Å². The molecule has 2 aromatic rings. The minimum absolute atomic E-state index is 0.317. The molecule has 2 aromatic heterocycles. The number of aryl methyl sites for hydroxylation is 1. The number of hydrogen-bond donors (Lipinski definition) is 3. The summed E-state index contributed by atoms with van der Waals surface area (Å²) in [5, 5.41) is 24.5. The van der Waals surface area contributed by atoms with Gasteiger partial charge in [-0.05, 0) is 19.1 Å². The van der Waals surface area contributed by atoms with Crippen molar-refractivity contribution in [2.24, 2.45) is 12.0 Å². The van der Waals surface area contributed by atoms with E-state index in [9.17, 15) is 5.11 Å². The molecule has 0 aliphatic carbocycles. The zero-order valence-corrected chi connectivity index (χ0v) is 15.2. The molecule has 7 nitrogen and oxygen atoms in total. The van der Waals surface area contributed by atoms with Crippen LogP contribution in [0.3, 0.4) is 0 Å². The molecule has 2 heterocycles. The van der Waals surface area contributed by atoms with Crippen LogP contribution in [0.1, 0.15) is 22.6 Å². The van der Waals surface area contributed by atoms with Crippen molar-refractivity contribution in [2.45, 2.75) is 19.6 Å². The van der Waals surface area contributed by atoms with Gasteiger partial charge in [-0.3, -0.25) is 0 Å². The first kappa shape index (κ1) is 18.4. The summed E-state index contributed by atoms with van der Waals surface area (Å²) in [6.45, 7) is 6.82. The van der Waals surface area contributed by atoms with E-state index in [1.54, 1.807) is 12.1 Å². The molecule has 0 aliphatic heterocycles. The first-order valence-electron chi connectivity index (χ1n) is 7.42. The molecule has 9 heteroatoms. The zero-order chi connectivity index (χ0) is 17.5. The van der Waals surface area contributed by atoms with E-state index in [0.29, 0.717) is 29.9 Å². The summed E-state index contributed by atoms with van der Waals surface area (Å²) in [5.41, 5.74) is 0. The molecule has 0 saturated carbocycles. The average Bonchev–Trinajstić information content (AvgIpc) is 3.14. The number of aliphatic imine (C=N–C) groups is 1. The van der Waals surface area contributed by atoms with Crippen molar-refractivity contribution < 1.29 is 5.11 Å². The number of nitrogens with zero attached hydrogens (tertiary/aromatic N) is 4. The summed E-state index contributed by atoms with van der Waals surface area (Å²) in [6.07, 6.45) is 1.08. The predicted molar refractivity (Wildman–Crippen MR) is 97.4 cm³/mol. The average molecular weight is 369 g/mol. The summed E-state index contributed by atoms with van der Waals surface area (Å²) < 4.78 is 2.54. The Balaban J connectivity index is 1.97. The maximum absolute atomic E-state index is 10.2. The van der Waals surface area contributed by atoms with Crippen LogP contribution in [0.2, 0.25) is 4.34 Å². The molecule has 2 rings (SSSR count). The summed E-state index contributed by atoms with van der Waals surface area (Å²) in [4.78, 5) is 5.27. The van der Waals surface area contributed by atoms with Gasteiger partial charge in [0.15, 0.2) is 11.8 Å². The Labute approximate surface area is 150 Å². The highest BCUT2D eigenvalue weighted by molar-refractivity contribution is 7.16. The number of aromatic nitrogens is 3. The van der Waals surface area contributed by atoms with Gasteiger partial charge in [-0.1, -0.05) is 17.7 Å². The van der Waals surface area contributed by atoms with Crippen LogP contribution in [-0.2, 0) is 13.6 Å². The molecule has 0 saturated heterocycles. The van der Waals surface area contributed by atoms with E-state index in [4.69, 9.17) is 11.6 Å². The minimum atomic E-state index is -0.657. The molecule has 0 bridgehead atoms. The van der Waals surface area contributed by atoms with Crippen LogP contribution in [0, 0.1) is 6.92 Å². The monoisotopic (exact) mass is 368 g/mol. The summed E-state index contributed by atoms with van der Waals surface area (Å²) in [7, 11) is 1.90. The van der Waals surface area contributed by atoms with Gasteiger partial charge >= 0.3 is 0 Å². The van der Waals surface area contributed by atoms with E-state index in [2.05, 4.69) is 32.4 Å². The van der Waals surface area contributed by atoms with E-state index in [1.165, 1.54) is 11.3 Å². The second-order valence-corrected chi connectivity index (χ2v) is 6.84. The van der Waals surface area contributed by atoms with Crippen LogP contribution in [0.25, 0.3) is 0 Å². The molecule has 1 unspecified atom stereocenters. The van der Waals surface area contributed by atoms with Crippen molar-refractivity contribution in [3.63, 3.8) is 0 Å². The van der Waals surface area contributed by atoms with E-state index in [-0.39, 0.29) is 0 Å². The molecule has 0 spiro atoms. The summed E-state index contributed by atoms with van der Waals surface area (Å²) >= 11 is 7.25. The van der Waals surface area contributed by atoms with Gasteiger partial charge in [-0.2, -0.15) is 0 Å². The van der Waals surface area contributed by atoms with Crippen LogP contribution < -0.4 is 10.6 Å². The number of rotatable bonds is 7. The third kappa shape index (κ3) is 5.05. The number of aliphatic hydroxyl groups excluding tert-OH is 1. The minimum Gasteiger partial charge on any atom is -0.386 e. The Morgan fingerprint density at radius 2 is 2.29 bits per heavy atom. The molecule has 130 valence electrons. The molecule has 3 N–H and O–H groups in total. The van der Waals surface area contributed by atoms with E-state index < -0.39 is 6.10 Å². The number of guanidine groups is 1. The molecule has 0 aromatic carbocycles. The normalized spacial score (nSPS) is 12.9. The molecule has 0 fully saturated rings. The lowest BCUT2D eigenvalue weighted by atomic mass is 10.3. The Bertz CT molecular complexity index is 711. The van der Waals surface area contributed by atoms with Gasteiger partial charge in [0.05, 0.1) is 4.34 Å². The topological polar surface area (TPSA) is 87.4 Å². The van der Waals surface area contributed by atoms with Crippen LogP contribution in [0.15, 0.2) is 29.8 Å². The zero-order valence-electron chi connectivity index (χ0n) is 13.7. The van der Waals surface area contributed by atoms with Crippen LogP contribution in [-0.4, -0.2) is 38.9 Å². The van der Waals surface area contributed by atoms with Gasteiger partial charge in [0.25, 0.3) is 0 Å². The molecule has 0 radical (unpaired) electrons. The van der Waals surface area contributed by atoms with Crippen molar-refractivity contribution in [3.8, 4) is 0 Å². The Morgan fingerprint density at radius 1 is 1.50 bits per heavy atom. The number of halogens is 1. The van der Waals surface area contributed by atoms with Gasteiger partial charge in [-0.15, -0.1) is 28.1 Å². The lowest BCUT2D eigenvalue weighted by Gasteiger charge is -2.14. The Hall–Kier alpha value is -1.90. The van der Waals surface area contributed by atoms with Crippen LogP contribution >= 0.6 is 22.9 Å². The molecule has 1 atom stereocenters. The highest BCUT2D eigenvalue weighted by Crippen LogP contribution is 2.26. The van der Waals surface area contributed by atoms with Crippen molar-refractivity contribution >= 4 is 28.9 Å². The SMILES string of the molecule is C=CCNC(=NCc1nnc(C)n1C)NCC(O)c1ccc(Cl)s1. The van der Waals surface area contributed by atoms with Crippen molar-refractivity contribution in [1.29, 1.82) is 0 Å². The van der Waals surface area contributed by atoms with Gasteiger partial charge in [-0.25, -0.2) is 4.99 Å². The second kappa shape index (κ2) is 8.81. The summed E-state index contributed by atoms with van der Waals surface area (Å²) in [6, 6.07) is 3.59. The Kier molecular flexibility index (Phi) is 6.77. The van der Waals surface area contributed by atoms with Gasteiger partial charge in [0, 0.05) is 25.0 Å². The number of nitrogens with one attached hydrogen (secondary N) is 2. The van der Waals surface area contributed by atoms with E-state index in [0.717, 1.165) is 16.5 Å². The second-order valence-electron chi connectivity index (χ2n) is 5.10. The van der Waals surface area contributed by atoms with Gasteiger partial charge in [0.2, 0.25) is 0 Å². The fraction of sp³-hybridized carbons (Fsp3) is 0.400. The molecular formula is C15H21ClN6OS. The molecule has 0 amide bonds. The largest absolute Gasteiger partial charge is 0.386 e. The van der Waals surface area contributed by atoms with E-state index in [1.807, 2.05) is 24.6 Å². The van der Waals surface area contributed by atoms with Crippen LogP contribution in [0.4, 0.5) is 0 Å². The first-order chi connectivity index (χ1) is 11.5. The van der Waals surface area contributed by atoms with E-state index >= 15 is 0 Å². The molecular weight excluding hydrogens is 348 g/mol. The number of aliphatic hydroxyl groups is 1. The first-order valence-corrected chi connectivity index (χ1v) is 8.62. The maximum Gasteiger partial charge on any atom is 0.192 e. The van der Waals surface area contributed by atoms with Crippen molar-refractivity contribution in [2.75, 3.05) is 13.1 Å². The third-order valence-electron chi connectivity index (χ3n) is 3.36.